The van der Waals surface area contributed by atoms with E-state index in [0.717, 1.165) is 0 Å². The van der Waals surface area contributed by atoms with E-state index < -0.39 is 10.0 Å². The number of fused-ring (bicyclic) bond motifs is 1. The number of rotatable bonds is 3. The van der Waals surface area contributed by atoms with Crippen LogP contribution in [0.3, 0.4) is 0 Å². The van der Waals surface area contributed by atoms with Crippen molar-refractivity contribution in [2.45, 2.75) is 16.7 Å². The van der Waals surface area contributed by atoms with E-state index in [1.807, 2.05) is 6.08 Å². The van der Waals surface area contributed by atoms with Crippen LogP contribution in [-0.4, -0.2) is 6.26 Å². The van der Waals surface area contributed by atoms with Gasteiger partial charge >= 0.3 is 0 Å². The SMILES string of the molecule is C=C/C=C\C1=C(C)c2ccccc2S1(C)c1ccccc1. The van der Waals surface area contributed by atoms with E-state index in [0.29, 0.717) is 0 Å². The van der Waals surface area contributed by atoms with Gasteiger partial charge in [-0.25, -0.2) is 0 Å². The normalized spacial score (nSPS) is 23.9. The van der Waals surface area contributed by atoms with Crippen molar-refractivity contribution in [1.29, 1.82) is 0 Å². The maximum Gasteiger partial charge on any atom is 0.00547 e. The Bertz CT molecular complexity index is 737. The summed E-state index contributed by atoms with van der Waals surface area (Å²) in [6.07, 6.45) is 8.55. The summed E-state index contributed by atoms with van der Waals surface area (Å²) >= 11 is 0. The molecule has 0 saturated heterocycles. The molecule has 1 aliphatic heterocycles. The first-order valence-corrected chi connectivity index (χ1v) is 9.16. The predicted octanol–water partition coefficient (Wildman–Crippen LogP) is 6.03. The van der Waals surface area contributed by atoms with E-state index in [2.05, 4.69) is 86.5 Å². The van der Waals surface area contributed by atoms with E-state index in [1.54, 1.807) is 0 Å². The molecule has 0 bridgehead atoms. The van der Waals surface area contributed by atoms with Crippen LogP contribution in [0.25, 0.3) is 5.57 Å². The molecule has 1 unspecified atom stereocenters. The summed E-state index contributed by atoms with van der Waals surface area (Å²) in [6, 6.07) is 19.7. The largest absolute Gasteiger partial charge is 0.163 e. The van der Waals surface area contributed by atoms with E-state index in [4.69, 9.17) is 0 Å². The third-order valence-corrected chi connectivity index (χ3v) is 7.91. The van der Waals surface area contributed by atoms with Crippen LogP contribution in [0.4, 0.5) is 0 Å². The van der Waals surface area contributed by atoms with Gasteiger partial charge in [0.1, 0.15) is 0 Å². The Kier molecular flexibility index (Phi) is 3.60. The first kappa shape index (κ1) is 14.0. The van der Waals surface area contributed by atoms with Gasteiger partial charge < -0.3 is 0 Å². The van der Waals surface area contributed by atoms with Gasteiger partial charge in [0.05, 0.1) is 0 Å². The third kappa shape index (κ3) is 2.09. The molecule has 1 atom stereocenters. The van der Waals surface area contributed by atoms with Crippen LogP contribution < -0.4 is 0 Å². The highest BCUT2D eigenvalue weighted by molar-refractivity contribution is 8.36. The molecule has 0 N–H and O–H groups in total. The van der Waals surface area contributed by atoms with Crippen LogP contribution in [0, 0.1) is 0 Å². The van der Waals surface area contributed by atoms with Crippen molar-refractivity contribution < 1.29 is 0 Å². The molecule has 1 heterocycles. The monoisotopic (exact) mass is 292 g/mol. The minimum atomic E-state index is -1.16. The molecule has 21 heavy (non-hydrogen) atoms. The van der Waals surface area contributed by atoms with Crippen molar-refractivity contribution in [2.75, 3.05) is 6.26 Å². The standard InChI is InChI=1S/C20H20S/c1-4-5-14-19-16(2)18-13-9-10-15-20(18)21(19,3)17-11-7-6-8-12-17/h4-15H,1H2,2-3H3/b14-5-. The molecule has 106 valence electrons. The highest BCUT2D eigenvalue weighted by atomic mass is 32.3. The second-order valence-corrected chi connectivity index (χ2v) is 8.50. The van der Waals surface area contributed by atoms with Crippen LogP contribution in [0.1, 0.15) is 12.5 Å². The lowest BCUT2D eigenvalue weighted by molar-refractivity contribution is 1.35. The van der Waals surface area contributed by atoms with Gasteiger partial charge in [0.25, 0.3) is 0 Å². The van der Waals surface area contributed by atoms with E-state index >= 15 is 0 Å². The summed E-state index contributed by atoms with van der Waals surface area (Å²) in [5.74, 6) is 0. The summed E-state index contributed by atoms with van der Waals surface area (Å²) in [7, 11) is -1.16. The fraction of sp³-hybridized carbons (Fsp3) is 0.100. The molecule has 0 amide bonds. The summed E-state index contributed by atoms with van der Waals surface area (Å²) in [5, 5.41) is 0. The molecule has 0 radical (unpaired) electrons. The molecule has 2 aromatic carbocycles. The Morgan fingerprint density at radius 3 is 2.33 bits per heavy atom. The molecule has 1 heteroatoms. The zero-order chi connectivity index (χ0) is 14.9. The Labute approximate surface area is 128 Å². The molecule has 0 aliphatic carbocycles. The minimum Gasteiger partial charge on any atom is -0.163 e. The zero-order valence-electron chi connectivity index (χ0n) is 12.5. The zero-order valence-corrected chi connectivity index (χ0v) is 13.4. The second kappa shape index (κ2) is 5.42. The number of hydrogen-bond donors (Lipinski definition) is 0. The van der Waals surface area contributed by atoms with Gasteiger partial charge in [-0.3, -0.25) is 0 Å². The van der Waals surface area contributed by atoms with Crippen molar-refractivity contribution >= 4 is 15.6 Å². The smallest absolute Gasteiger partial charge is 0.00547 e. The van der Waals surface area contributed by atoms with Crippen molar-refractivity contribution in [2.24, 2.45) is 0 Å². The van der Waals surface area contributed by atoms with E-state index in [9.17, 15) is 0 Å². The molecule has 0 saturated carbocycles. The van der Waals surface area contributed by atoms with E-state index in [-0.39, 0.29) is 0 Å². The van der Waals surface area contributed by atoms with Gasteiger partial charge in [-0.05, 0) is 53.5 Å². The van der Waals surface area contributed by atoms with Gasteiger partial charge in [0, 0.05) is 9.80 Å². The Balaban J connectivity index is 2.30. The molecule has 3 rings (SSSR count). The minimum absolute atomic E-state index is 1.16. The Hall–Kier alpha value is -1.99. The summed E-state index contributed by atoms with van der Waals surface area (Å²) in [5.41, 5.74) is 2.78. The first-order chi connectivity index (χ1) is 10.2. The molecule has 0 fully saturated rings. The molecule has 0 nitrogen and oxygen atoms in total. The van der Waals surface area contributed by atoms with Crippen molar-refractivity contribution in [3.8, 4) is 0 Å². The fourth-order valence-electron chi connectivity index (χ4n) is 3.05. The van der Waals surface area contributed by atoms with Crippen LogP contribution in [0.15, 0.2) is 94.1 Å². The fourth-order valence-corrected chi connectivity index (χ4v) is 6.58. The van der Waals surface area contributed by atoms with Crippen LogP contribution in [-0.2, 0) is 0 Å². The third-order valence-electron chi connectivity index (χ3n) is 4.14. The highest BCUT2D eigenvalue weighted by Gasteiger charge is 2.35. The van der Waals surface area contributed by atoms with Gasteiger partial charge in [-0.2, -0.15) is 10.0 Å². The molecule has 0 spiro atoms. The van der Waals surface area contributed by atoms with Crippen LogP contribution in [0.5, 0.6) is 0 Å². The van der Waals surface area contributed by atoms with Gasteiger partial charge in [0.15, 0.2) is 0 Å². The second-order valence-electron chi connectivity index (χ2n) is 5.31. The van der Waals surface area contributed by atoms with Crippen molar-refractivity contribution in [3.05, 3.63) is 89.9 Å². The van der Waals surface area contributed by atoms with Crippen LogP contribution in [0.2, 0.25) is 0 Å². The summed E-state index contributed by atoms with van der Waals surface area (Å²) in [6.45, 7) is 6.06. The summed E-state index contributed by atoms with van der Waals surface area (Å²) < 4.78 is 0. The maximum atomic E-state index is 3.82. The molecular formula is C20H20S. The van der Waals surface area contributed by atoms with Gasteiger partial charge in [-0.15, -0.1) is 0 Å². The average molecular weight is 292 g/mol. The first-order valence-electron chi connectivity index (χ1n) is 7.12. The lowest BCUT2D eigenvalue weighted by Crippen LogP contribution is -1.99. The van der Waals surface area contributed by atoms with Gasteiger partial charge in [-0.1, -0.05) is 55.1 Å². The lowest BCUT2D eigenvalue weighted by Gasteiger charge is -2.35. The summed E-state index contributed by atoms with van der Waals surface area (Å²) in [4.78, 5) is 4.32. The molecule has 2 aromatic rings. The Morgan fingerprint density at radius 1 is 0.952 bits per heavy atom. The molecule has 0 aromatic heterocycles. The van der Waals surface area contributed by atoms with Crippen LogP contribution >= 0.6 is 10.0 Å². The Morgan fingerprint density at radius 2 is 1.62 bits per heavy atom. The quantitative estimate of drug-likeness (QED) is 0.606. The average Bonchev–Trinajstić information content (AvgIpc) is 2.76. The molecular weight excluding hydrogens is 272 g/mol. The molecule has 1 aliphatic rings. The highest BCUT2D eigenvalue weighted by Crippen LogP contribution is 2.72. The number of allylic oxidation sites excluding steroid dienone is 4. The lowest BCUT2D eigenvalue weighted by atomic mass is 10.1. The topological polar surface area (TPSA) is 0 Å². The van der Waals surface area contributed by atoms with Crippen molar-refractivity contribution in [1.82, 2.24) is 0 Å². The van der Waals surface area contributed by atoms with Crippen molar-refractivity contribution in [3.63, 3.8) is 0 Å². The van der Waals surface area contributed by atoms with E-state index in [1.165, 1.54) is 25.8 Å². The van der Waals surface area contributed by atoms with Gasteiger partial charge in [0.2, 0.25) is 0 Å². The predicted molar refractivity (Wildman–Crippen MR) is 94.9 cm³/mol. The number of hydrogen-bond acceptors (Lipinski definition) is 0. The maximum absolute atomic E-state index is 3.82. The number of benzene rings is 2.